The van der Waals surface area contributed by atoms with Crippen molar-refractivity contribution >= 4 is 21.9 Å². The molecule has 2 fully saturated rings. The third-order valence-electron chi connectivity index (χ3n) is 5.79. The van der Waals surface area contributed by atoms with Crippen molar-refractivity contribution in [2.75, 3.05) is 26.2 Å². The summed E-state index contributed by atoms with van der Waals surface area (Å²) in [5.74, 6) is 1.44. The molecular formula is C23H26N2O4. The maximum absolute atomic E-state index is 13.2. The van der Waals surface area contributed by atoms with Crippen LogP contribution >= 0.6 is 0 Å². The van der Waals surface area contributed by atoms with Gasteiger partial charge in [0.05, 0.1) is 10.8 Å². The van der Waals surface area contributed by atoms with Gasteiger partial charge in [-0.15, -0.1) is 0 Å². The summed E-state index contributed by atoms with van der Waals surface area (Å²) in [6, 6.07) is 11.0. The first-order valence-corrected chi connectivity index (χ1v) is 10.5. The molecule has 2 saturated heterocycles. The molecule has 2 aromatic carbocycles. The minimum Gasteiger partial charge on any atom is -0.490 e. The van der Waals surface area contributed by atoms with Gasteiger partial charge in [-0.3, -0.25) is 4.79 Å². The zero-order valence-corrected chi connectivity index (χ0v) is 16.4. The van der Waals surface area contributed by atoms with Gasteiger partial charge in [0.25, 0.3) is 0 Å². The summed E-state index contributed by atoms with van der Waals surface area (Å²) >= 11 is 0. The van der Waals surface area contributed by atoms with E-state index in [0.717, 1.165) is 63.4 Å². The zero-order valence-electron chi connectivity index (χ0n) is 16.4. The van der Waals surface area contributed by atoms with Crippen LogP contribution in [0.15, 0.2) is 45.6 Å². The van der Waals surface area contributed by atoms with Crippen molar-refractivity contribution < 1.29 is 13.9 Å². The molecule has 0 aliphatic carbocycles. The Bertz CT molecular complexity index is 985. The summed E-state index contributed by atoms with van der Waals surface area (Å²) in [5.41, 5.74) is 1.10. The highest BCUT2D eigenvalue weighted by Crippen LogP contribution is 2.27. The minimum atomic E-state index is -0.0484. The van der Waals surface area contributed by atoms with Crippen molar-refractivity contribution in [2.45, 2.75) is 37.9 Å². The van der Waals surface area contributed by atoms with Crippen molar-refractivity contribution in [1.82, 2.24) is 10.6 Å². The van der Waals surface area contributed by atoms with E-state index in [-0.39, 0.29) is 17.6 Å². The van der Waals surface area contributed by atoms with E-state index in [4.69, 9.17) is 13.9 Å². The molecule has 0 bridgehead atoms. The molecule has 5 rings (SSSR count). The fraction of sp³-hybridized carbons (Fsp3) is 0.435. The molecule has 6 heteroatoms. The van der Waals surface area contributed by atoms with Crippen LogP contribution in [0.4, 0.5) is 0 Å². The summed E-state index contributed by atoms with van der Waals surface area (Å²) < 4.78 is 18.2. The molecule has 0 unspecified atom stereocenters. The number of rotatable bonds is 4. The molecule has 0 spiro atoms. The molecule has 0 saturated carbocycles. The van der Waals surface area contributed by atoms with Crippen LogP contribution in [0.5, 0.6) is 11.5 Å². The predicted octanol–water partition coefficient (Wildman–Crippen LogP) is 3.21. The molecule has 3 aromatic rings. The van der Waals surface area contributed by atoms with Gasteiger partial charge in [0, 0.05) is 0 Å². The average Bonchev–Trinajstić information content (AvgIpc) is 2.76. The summed E-state index contributed by atoms with van der Waals surface area (Å²) in [6.07, 6.45) is 4.27. The van der Waals surface area contributed by atoms with Crippen molar-refractivity contribution in [1.29, 1.82) is 0 Å². The smallest absolute Gasteiger partial charge is 0.200 e. The second kappa shape index (κ2) is 8.05. The Morgan fingerprint density at radius 2 is 1.17 bits per heavy atom. The molecule has 6 nitrogen and oxygen atoms in total. The second-order valence-corrected chi connectivity index (χ2v) is 7.88. The predicted molar refractivity (Wildman–Crippen MR) is 113 cm³/mol. The van der Waals surface area contributed by atoms with Crippen molar-refractivity contribution in [3.8, 4) is 11.5 Å². The Balaban J connectivity index is 1.46. The Morgan fingerprint density at radius 1 is 0.724 bits per heavy atom. The molecule has 0 atom stereocenters. The zero-order chi connectivity index (χ0) is 19.6. The standard InChI is InChI=1S/C23H26N2O4/c26-23-19-13-17(27-15-5-9-24-10-6-15)1-3-21(19)29-22-4-2-18(14-20(22)23)28-16-7-11-25-12-8-16/h1-4,13-16,24-25H,5-12H2. The van der Waals surface area contributed by atoms with Crippen LogP contribution in [0.1, 0.15) is 25.7 Å². The highest BCUT2D eigenvalue weighted by molar-refractivity contribution is 5.90. The molecule has 152 valence electrons. The molecule has 29 heavy (non-hydrogen) atoms. The maximum atomic E-state index is 13.2. The fourth-order valence-corrected chi connectivity index (χ4v) is 4.17. The molecule has 0 radical (unpaired) electrons. The second-order valence-electron chi connectivity index (χ2n) is 7.88. The number of hydrogen-bond donors (Lipinski definition) is 2. The maximum Gasteiger partial charge on any atom is 0.200 e. The summed E-state index contributed by atoms with van der Waals surface area (Å²) in [7, 11) is 0. The van der Waals surface area contributed by atoms with E-state index in [1.165, 1.54) is 0 Å². The number of hydrogen-bond acceptors (Lipinski definition) is 6. The lowest BCUT2D eigenvalue weighted by Gasteiger charge is -2.24. The van der Waals surface area contributed by atoms with Crippen LogP contribution in [0.25, 0.3) is 21.9 Å². The lowest BCUT2D eigenvalue weighted by molar-refractivity contribution is 0.162. The van der Waals surface area contributed by atoms with Gasteiger partial charge in [-0.1, -0.05) is 0 Å². The average molecular weight is 394 g/mol. The van der Waals surface area contributed by atoms with Crippen LogP contribution < -0.4 is 25.5 Å². The van der Waals surface area contributed by atoms with Crippen molar-refractivity contribution in [2.24, 2.45) is 0 Å². The van der Waals surface area contributed by atoms with E-state index in [1.807, 2.05) is 36.4 Å². The Labute approximate surface area is 169 Å². The third-order valence-corrected chi connectivity index (χ3v) is 5.79. The van der Waals surface area contributed by atoms with E-state index < -0.39 is 0 Å². The number of benzene rings is 2. The topological polar surface area (TPSA) is 72.7 Å². The Morgan fingerprint density at radius 3 is 1.62 bits per heavy atom. The van der Waals surface area contributed by atoms with Gasteiger partial charge >= 0.3 is 0 Å². The van der Waals surface area contributed by atoms with E-state index in [2.05, 4.69) is 10.6 Å². The first-order valence-electron chi connectivity index (χ1n) is 10.5. The van der Waals surface area contributed by atoms with E-state index >= 15 is 0 Å². The number of ether oxygens (including phenoxy) is 2. The summed E-state index contributed by atoms with van der Waals surface area (Å²) in [4.78, 5) is 13.2. The molecule has 2 N–H and O–H groups in total. The van der Waals surface area contributed by atoms with Crippen molar-refractivity contribution in [3.63, 3.8) is 0 Å². The normalized spacial score (nSPS) is 18.9. The van der Waals surface area contributed by atoms with Crippen molar-refractivity contribution in [3.05, 3.63) is 46.6 Å². The van der Waals surface area contributed by atoms with Crippen LogP contribution in [-0.2, 0) is 0 Å². The van der Waals surface area contributed by atoms with Gasteiger partial charge in [-0.25, -0.2) is 0 Å². The summed E-state index contributed by atoms with van der Waals surface area (Å²) in [6.45, 7) is 3.85. The SMILES string of the molecule is O=c1c2cc(OC3CCNCC3)ccc2oc2ccc(OC3CCNCC3)cc12. The Hall–Kier alpha value is -2.57. The molecule has 2 aliphatic rings. The lowest BCUT2D eigenvalue weighted by Crippen LogP contribution is -2.34. The van der Waals surface area contributed by atoms with E-state index in [1.54, 1.807) is 0 Å². The number of fused-ring (bicyclic) bond motifs is 2. The lowest BCUT2D eigenvalue weighted by atomic mass is 10.1. The quantitative estimate of drug-likeness (QED) is 0.662. The monoisotopic (exact) mass is 394 g/mol. The minimum absolute atomic E-state index is 0.0484. The highest BCUT2D eigenvalue weighted by Gasteiger charge is 2.17. The molecule has 0 amide bonds. The van der Waals surface area contributed by atoms with Gasteiger partial charge in [-0.05, 0) is 88.3 Å². The molecule has 3 heterocycles. The molecule has 2 aliphatic heterocycles. The van der Waals surface area contributed by atoms with Crippen LogP contribution in [0, 0.1) is 0 Å². The molecular weight excluding hydrogens is 368 g/mol. The first kappa shape index (κ1) is 18.5. The van der Waals surface area contributed by atoms with Gasteiger partial charge in [0.15, 0.2) is 0 Å². The number of nitrogens with one attached hydrogen (secondary N) is 2. The van der Waals surface area contributed by atoms with Crippen LogP contribution in [-0.4, -0.2) is 38.4 Å². The van der Waals surface area contributed by atoms with E-state index in [9.17, 15) is 4.79 Å². The van der Waals surface area contributed by atoms with Gasteiger partial charge in [0.2, 0.25) is 5.43 Å². The largest absolute Gasteiger partial charge is 0.490 e. The van der Waals surface area contributed by atoms with Crippen LogP contribution in [0.3, 0.4) is 0 Å². The Kier molecular flexibility index (Phi) is 5.12. The van der Waals surface area contributed by atoms with E-state index in [0.29, 0.717) is 21.9 Å². The molecule has 1 aromatic heterocycles. The first-order chi connectivity index (χ1) is 14.3. The number of piperidine rings is 2. The van der Waals surface area contributed by atoms with Crippen LogP contribution in [0.2, 0.25) is 0 Å². The van der Waals surface area contributed by atoms with Gasteiger partial charge < -0.3 is 24.5 Å². The fourth-order valence-electron chi connectivity index (χ4n) is 4.17. The third kappa shape index (κ3) is 3.95. The highest BCUT2D eigenvalue weighted by atomic mass is 16.5. The van der Waals surface area contributed by atoms with Gasteiger partial charge in [0.1, 0.15) is 34.9 Å². The summed E-state index contributed by atoms with van der Waals surface area (Å²) in [5, 5.41) is 7.76. The van der Waals surface area contributed by atoms with Gasteiger partial charge in [-0.2, -0.15) is 0 Å².